The minimum absolute atomic E-state index is 0.192. The van der Waals surface area contributed by atoms with Crippen LogP contribution in [0.2, 0.25) is 0 Å². The molecule has 3 rings (SSSR count). The van der Waals surface area contributed by atoms with Crippen molar-refractivity contribution < 1.29 is 9.53 Å². The maximum atomic E-state index is 12.1. The van der Waals surface area contributed by atoms with E-state index in [-0.39, 0.29) is 5.91 Å². The molecule has 0 saturated heterocycles. The van der Waals surface area contributed by atoms with Gasteiger partial charge in [-0.3, -0.25) is 4.79 Å². The smallest absolute Gasteiger partial charge is 0.248 e. The van der Waals surface area contributed by atoms with Crippen molar-refractivity contribution in [2.24, 2.45) is 0 Å². The zero-order valence-corrected chi connectivity index (χ0v) is 12.8. The van der Waals surface area contributed by atoms with Crippen molar-refractivity contribution in [3.63, 3.8) is 0 Å². The molecule has 114 valence electrons. The lowest BCUT2D eigenvalue weighted by molar-refractivity contribution is -0.111. The SMILES string of the molecule is COc1ccccc1NC(=O)C=Cc1cccc2ccccc12. The van der Waals surface area contributed by atoms with Gasteiger partial charge in [0.15, 0.2) is 0 Å². The number of anilines is 1. The molecule has 0 aliphatic rings. The molecule has 0 aromatic heterocycles. The second-order valence-corrected chi connectivity index (χ2v) is 5.09. The van der Waals surface area contributed by atoms with E-state index in [1.54, 1.807) is 7.11 Å². The maximum absolute atomic E-state index is 12.1. The van der Waals surface area contributed by atoms with Gasteiger partial charge in [-0.25, -0.2) is 0 Å². The molecule has 1 amide bonds. The van der Waals surface area contributed by atoms with Crippen molar-refractivity contribution in [1.82, 2.24) is 0 Å². The van der Waals surface area contributed by atoms with Gasteiger partial charge in [0.25, 0.3) is 0 Å². The Morgan fingerprint density at radius 2 is 1.70 bits per heavy atom. The minimum Gasteiger partial charge on any atom is -0.495 e. The molecular formula is C20H17NO2. The summed E-state index contributed by atoms with van der Waals surface area (Å²) in [7, 11) is 1.58. The van der Waals surface area contributed by atoms with Crippen molar-refractivity contribution >= 4 is 28.4 Å². The van der Waals surface area contributed by atoms with Crippen LogP contribution in [-0.2, 0) is 4.79 Å². The Labute approximate surface area is 135 Å². The van der Waals surface area contributed by atoms with Crippen LogP contribution in [0.25, 0.3) is 16.8 Å². The Morgan fingerprint density at radius 3 is 2.57 bits per heavy atom. The first kappa shape index (κ1) is 14.9. The van der Waals surface area contributed by atoms with Crippen LogP contribution in [0.4, 0.5) is 5.69 Å². The highest BCUT2D eigenvalue weighted by Crippen LogP contribution is 2.23. The van der Waals surface area contributed by atoms with E-state index in [0.717, 1.165) is 16.3 Å². The fraction of sp³-hybridized carbons (Fsp3) is 0.0500. The van der Waals surface area contributed by atoms with E-state index >= 15 is 0 Å². The monoisotopic (exact) mass is 303 g/mol. The Bertz CT molecular complexity index is 863. The highest BCUT2D eigenvalue weighted by molar-refractivity contribution is 6.04. The molecule has 1 N–H and O–H groups in total. The summed E-state index contributed by atoms with van der Waals surface area (Å²) < 4.78 is 5.23. The van der Waals surface area contributed by atoms with E-state index in [4.69, 9.17) is 4.74 Å². The number of rotatable bonds is 4. The zero-order valence-electron chi connectivity index (χ0n) is 12.8. The third-order valence-corrected chi connectivity index (χ3v) is 3.60. The molecule has 0 aliphatic carbocycles. The topological polar surface area (TPSA) is 38.3 Å². The summed E-state index contributed by atoms with van der Waals surface area (Å²) in [6.07, 6.45) is 3.36. The fourth-order valence-electron chi connectivity index (χ4n) is 2.48. The summed E-state index contributed by atoms with van der Waals surface area (Å²) in [5.74, 6) is 0.446. The molecule has 3 heteroatoms. The van der Waals surface area contributed by atoms with Gasteiger partial charge in [0.1, 0.15) is 5.75 Å². The van der Waals surface area contributed by atoms with Gasteiger partial charge < -0.3 is 10.1 Å². The number of hydrogen-bond donors (Lipinski definition) is 1. The van der Waals surface area contributed by atoms with E-state index < -0.39 is 0 Å². The minimum atomic E-state index is -0.192. The van der Waals surface area contributed by atoms with Gasteiger partial charge in [0.2, 0.25) is 5.91 Å². The van der Waals surface area contributed by atoms with Gasteiger partial charge >= 0.3 is 0 Å². The van der Waals surface area contributed by atoms with Crippen LogP contribution in [0, 0.1) is 0 Å². The molecule has 0 radical (unpaired) electrons. The summed E-state index contributed by atoms with van der Waals surface area (Å²) in [6.45, 7) is 0. The van der Waals surface area contributed by atoms with Gasteiger partial charge in [-0.1, -0.05) is 54.6 Å². The lowest BCUT2D eigenvalue weighted by Gasteiger charge is -2.08. The molecular weight excluding hydrogens is 286 g/mol. The third-order valence-electron chi connectivity index (χ3n) is 3.60. The summed E-state index contributed by atoms with van der Waals surface area (Å²) >= 11 is 0. The molecule has 0 unspecified atom stereocenters. The lowest BCUT2D eigenvalue weighted by atomic mass is 10.0. The molecule has 3 aromatic carbocycles. The largest absolute Gasteiger partial charge is 0.495 e. The number of ether oxygens (including phenoxy) is 1. The van der Waals surface area contributed by atoms with Gasteiger partial charge in [-0.2, -0.15) is 0 Å². The van der Waals surface area contributed by atoms with Gasteiger partial charge in [-0.05, 0) is 34.5 Å². The van der Waals surface area contributed by atoms with Crippen molar-refractivity contribution in [3.8, 4) is 5.75 Å². The van der Waals surface area contributed by atoms with Crippen molar-refractivity contribution in [2.75, 3.05) is 12.4 Å². The second kappa shape index (κ2) is 6.79. The lowest BCUT2D eigenvalue weighted by Crippen LogP contribution is -2.08. The molecule has 0 spiro atoms. The highest BCUT2D eigenvalue weighted by Gasteiger charge is 2.04. The molecule has 0 fully saturated rings. The van der Waals surface area contributed by atoms with Crippen LogP contribution in [0.3, 0.4) is 0 Å². The molecule has 0 heterocycles. The van der Waals surface area contributed by atoms with Crippen LogP contribution in [0.1, 0.15) is 5.56 Å². The predicted octanol–water partition coefficient (Wildman–Crippen LogP) is 4.50. The van der Waals surface area contributed by atoms with Crippen LogP contribution in [0.15, 0.2) is 72.8 Å². The van der Waals surface area contributed by atoms with Gasteiger partial charge in [-0.15, -0.1) is 0 Å². The van der Waals surface area contributed by atoms with E-state index in [0.29, 0.717) is 11.4 Å². The van der Waals surface area contributed by atoms with Gasteiger partial charge in [0.05, 0.1) is 12.8 Å². The summed E-state index contributed by atoms with van der Waals surface area (Å²) in [5, 5.41) is 5.10. The van der Waals surface area contributed by atoms with Crippen LogP contribution >= 0.6 is 0 Å². The average molecular weight is 303 g/mol. The number of nitrogens with one attached hydrogen (secondary N) is 1. The average Bonchev–Trinajstić information content (AvgIpc) is 2.60. The van der Waals surface area contributed by atoms with Crippen LogP contribution in [0.5, 0.6) is 5.75 Å². The molecule has 0 bridgehead atoms. The number of amides is 1. The summed E-state index contributed by atoms with van der Waals surface area (Å²) in [5.41, 5.74) is 1.67. The maximum Gasteiger partial charge on any atom is 0.248 e. The number of benzene rings is 3. The highest BCUT2D eigenvalue weighted by atomic mass is 16.5. The molecule has 0 aliphatic heterocycles. The number of methoxy groups -OCH3 is 1. The number of carbonyl (C=O) groups is 1. The number of fused-ring (bicyclic) bond motifs is 1. The summed E-state index contributed by atoms with van der Waals surface area (Å²) in [4.78, 5) is 12.1. The Morgan fingerprint density at radius 1 is 0.957 bits per heavy atom. The fourth-order valence-corrected chi connectivity index (χ4v) is 2.48. The molecule has 23 heavy (non-hydrogen) atoms. The van der Waals surface area contributed by atoms with Crippen molar-refractivity contribution in [2.45, 2.75) is 0 Å². The second-order valence-electron chi connectivity index (χ2n) is 5.09. The number of hydrogen-bond acceptors (Lipinski definition) is 2. The number of para-hydroxylation sites is 2. The van der Waals surface area contributed by atoms with Crippen molar-refractivity contribution in [3.05, 3.63) is 78.4 Å². The first-order valence-corrected chi connectivity index (χ1v) is 7.38. The Balaban J connectivity index is 1.80. The first-order chi connectivity index (χ1) is 11.3. The van der Waals surface area contributed by atoms with E-state index in [1.807, 2.05) is 60.7 Å². The molecule has 0 atom stereocenters. The van der Waals surface area contributed by atoms with Crippen LogP contribution < -0.4 is 10.1 Å². The van der Waals surface area contributed by atoms with E-state index in [1.165, 1.54) is 6.08 Å². The quantitative estimate of drug-likeness (QED) is 0.721. The van der Waals surface area contributed by atoms with E-state index in [2.05, 4.69) is 17.4 Å². The molecule has 0 saturated carbocycles. The first-order valence-electron chi connectivity index (χ1n) is 7.38. The Kier molecular flexibility index (Phi) is 4.39. The predicted molar refractivity (Wildman–Crippen MR) is 94.6 cm³/mol. The zero-order chi connectivity index (χ0) is 16.1. The van der Waals surface area contributed by atoms with Gasteiger partial charge in [0, 0.05) is 6.08 Å². The molecule has 3 nitrogen and oxygen atoms in total. The van der Waals surface area contributed by atoms with Crippen LogP contribution in [-0.4, -0.2) is 13.0 Å². The third kappa shape index (κ3) is 3.40. The standard InChI is InChI=1S/C20H17NO2/c1-23-19-12-5-4-11-18(19)21-20(22)14-13-16-9-6-8-15-7-2-3-10-17(15)16/h2-14H,1H3,(H,21,22). The van der Waals surface area contributed by atoms with Crippen molar-refractivity contribution in [1.29, 1.82) is 0 Å². The normalized spacial score (nSPS) is 10.8. The molecule has 3 aromatic rings. The Hall–Kier alpha value is -3.07. The van der Waals surface area contributed by atoms with E-state index in [9.17, 15) is 4.79 Å². The number of carbonyl (C=O) groups excluding carboxylic acids is 1. The summed E-state index contributed by atoms with van der Waals surface area (Å²) in [6, 6.07) is 21.5.